The normalized spacial score (nSPS) is 16.2. The molecule has 1 aliphatic heterocycles. The Kier molecular flexibility index (Phi) is 4.26. The van der Waals surface area contributed by atoms with Gasteiger partial charge in [-0.1, -0.05) is 11.3 Å². The first-order chi connectivity index (χ1) is 13.5. The van der Waals surface area contributed by atoms with E-state index in [4.69, 9.17) is 14.8 Å². The average molecular weight is 475 g/mol. The van der Waals surface area contributed by atoms with Crippen LogP contribution in [0.2, 0.25) is 0 Å². The van der Waals surface area contributed by atoms with E-state index in [1.807, 2.05) is 31.2 Å². The highest BCUT2D eigenvalue weighted by molar-refractivity contribution is 9.11. The van der Waals surface area contributed by atoms with E-state index in [-0.39, 0.29) is 11.8 Å². The summed E-state index contributed by atoms with van der Waals surface area (Å²) in [6, 6.07) is 9.88. The Labute approximate surface area is 177 Å². The van der Waals surface area contributed by atoms with Gasteiger partial charge in [0.25, 0.3) is 0 Å². The number of aromatic nitrogens is 3. The molecule has 0 unspecified atom stereocenters. The molecule has 1 aromatic carbocycles. The number of carbonyl (C=O) groups is 1. The van der Waals surface area contributed by atoms with Crippen LogP contribution in [0.3, 0.4) is 0 Å². The van der Waals surface area contributed by atoms with E-state index in [0.29, 0.717) is 12.2 Å². The number of nitrogens with zero attached hydrogens (tertiary/aromatic N) is 3. The zero-order valence-corrected chi connectivity index (χ0v) is 18.2. The van der Waals surface area contributed by atoms with E-state index in [1.54, 1.807) is 23.1 Å². The lowest BCUT2D eigenvalue weighted by atomic mass is 9.91. The molecule has 9 heteroatoms. The molecule has 1 atom stereocenters. The summed E-state index contributed by atoms with van der Waals surface area (Å²) in [5.74, 6) is 1.50. The molecule has 0 saturated heterocycles. The quantitative estimate of drug-likeness (QED) is 0.448. The van der Waals surface area contributed by atoms with Crippen LogP contribution in [0.1, 0.15) is 28.5 Å². The minimum absolute atomic E-state index is 0.00303. The number of carbonyl (C=O) groups excluding carboxylic acids is 1. The maximum atomic E-state index is 12.5. The predicted molar refractivity (Wildman–Crippen MR) is 115 cm³/mol. The van der Waals surface area contributed by atoms with Crippen molar-refractivity contribution in [2.24, 2.45) is 0 Å². The molecule has 0 fully saturated rings. The zero-order valence-electron chi connectivity index (χ0n) is 15.0. The number of amides is 1. The fourth-order valence-electron chi connectivity index (χ4n) is 3.55. The molecule has 28 heavy (non-hydrogen) atoms. The molecule has 142 valence electrons. The summed E-state index contributed by atoms with van der Waals surface area (Å²) in [4.78, 5) is 18.3. The maximum Gasteiger partial charge on any atom is 0.226 e. The van der Waals surface area contributed by atoms with Gasteiger partial charge < -0.3 is 10.1 Å². The number of rotatable bonds is 3. The Morgan fingerprint density at radius 2 is 2.14 bits per heavy atom. The number of benzene rings is 1. The number of hydrogen-bond donors (Lipinski definition) is 1. The molecule has 1 N–H and O–H groups in total. The SMILES string of the molecule is COc1ccc2nc(-n3nc(C)c4c3NC(=O)C[C@@H]4c3ccc(Br)s3)sc2c1. The van der Waals surface area contributed by atoms with Crippen molar-refractivity contribution in [3.63, 3.8) is 0 Å². The van der Waals surface area contributed by atoms with Crippen LogP contribution in [0.15, 0.2) is 34.1 Å². The molecule has 3 aromatic heterocycles. The highest BCUT2D eigenvalue weighted by Crippen LogP contribution is 2.43. The minimum Gasteiger partial charge on any atom is -0.497 e. The standard InChI is InChI=1S/C19H15BrN4O2S2/c1-9-17-11(13-5-6-15(20)27-13)8-16(25)22-18(17)24(23-9)19-21-12-4-3-10(26-2)7-14(12)28-19/h3-7,11H,8H2,1-2H3,(H,22,25)/t11-/m1/s1. The molecule has 4 aromatic rings. The molecular formula is C19H15BrN4O2S2. The van der Waals surface area contributed by atoms with Crippen LogP contribution in [0.25, 0.3) is 15.3 Å². The van der Waals surface area contributed by atoms with Gasteiger partial charge in [-0.05, 0) is 53.2 Å². The highest BCUT2D eigenvalue weighted by Gasteiger charge is 2.34. The molecule has 4 heterocycles. The van der Waals surface area contributed by atoms with Gasteiger partial charge in [0.1, 0.15) is 11.6 Å². The minimum atomic E-state index is -0.00838. The molecule has 0 aliphatic carbocycles. The van der Waals surface area contributed by atoms with Crippen molar-refractivity contribution in [2.75, 3.05) is 12.4 Å². The van der Waals surface area contributed by atoms with Crippen molar-refractivity contribution in [3.05, 3.63) is 50.3 Å². The fourth-order valence-corrected chi connectivity index (χ4v) is 6.04. The van der Waals surface area contributed by atoms with E-state index in [1.165, 1.54) is 11.3 Å². The van der Waals surface area contributed by atoms with Gasteiger partial charge in [-0.15, -0.1) is 11.3 Å². The van der Waals surface area contributed by atoms with Gasteiger partial charge in [0.2, 0.25) is 11.0 Å². The largest absolute Gasteiger partial charge is 0.497 e. The van der Waals surface area contributed by atoms with Crippen LogP contribution in [0.5, 0.6) is 5.75 Å². The van der Waals surface area contributed by atoms with Crippen LogP contribution in [-0.4, -0.2) is 27.8 Å². The maximum absolute atomic E-state index is 12.5. The van der Waals surface area contributed by atoms with Crippen molar-refractivity contribution in [2.45, 2.75) is 19.3 Å². The molecule has 6 nitrogen and oxygen atoms in total. The van der Waals surface area contributed by atoms with Crippen molar-refractivity contribution in [1.29, 1.82) is 0 Å². The topological polar surface area (TPSA) is 69.0 Å². The molecule has 1 amide bonds. The first-order valence-corrected chi connectivity index (χ1v) is 11.1. The number of thiazole rings is 1. The van der Waals surface area contributed by atoms with Gasteiger partial charge >= 0.3 is 0 Å². The molecule has 0 bridgehead atoms. The van der Waals surface area contributed by atoms with Crippen LogP contribution in [0.4, 0.5) is 5.82 Å². The second-order valence-electron chi connectivity index (χ2n) is 6.54. The second-order valence-corrected chi connectivity index (χ2v) is 10.0. The summed E-state index contributed by atoms with van der Waals surface area (Å²) in [6.45, 7) is 1.98. The van der Waals surface area contributed by atoms with Crippen molar-refractivity contribution < 1.29 is 9.53 Å². The molecular weight excluding hydrogens is 460 g/mol. The number of halogens is 1. The van der Waals surface area contributed by atoms with Crippen LogP contribution in [0, 0.1) is 6.92 Å². The summed E-state index contributed by atoms with van der Waals surface area (Å²) in [6.07, 6.45) is 0.420. The lowest BCUT2D eigenvalue weighted by Crippen LogP contribution is -2.24. The van der Waals surface area contributed by atoms with Gasteiger partial charge in [0.05, 0.1) is 26.8 Å². The van der Waals surface area contributed by atoms with Gasteiger partial charge in [-0.3, -0.25) is 4.79 Å². The molecule has 1 aliphatic rings. The summed E-state index contributed by atoms with van der Waals surface area (Å²) in [5, 5.41) is 8.47. The second kappa shape index (κ2) is 6.68. The van der Waals surface area contributed by atoms with Gasteiger partial charge in [0, 0.05) is 22.8 Å². The van der Waals surface area contributed by atoms with Crippen molar-refractivity contribution in [1.82, 2.24) is 14.8 Å². The van der Waals surface area contributed by atoms with Crippen LogP contribution >= 0.6 is 38.6 Å². The van der Waals surface area contributed by atoms with E-state index in [0.717, 1.165) is 41.0 Å². The van der Waals surface area contributed by atoms with E-state index >= 15 is 0 Å². The summed E-state index contributed by atoms with van der Waals surface area (Å²) in [5.41, 5.74) is 2.84. The van der Waals surface area contributed by atoms with Crippen LogP contribution < -0.4 is 10.1 Å². The van der Waals surface area contributed by atoms with E-state index in [9.17, 15) is 4.79 Å². The number of fused-ring (bicyclic) bond motifs is 2. The third kappa shape index (κ3) is 2.85. The Balaban J connectivity index is 1.66. The first kappa shape index (κ1) is 17.8. The Morgan fingerprint density at radius 1 is 1.29 bits per heavy atom. The molecule has 0 radical (unpaired) electrons. The summed E-state index contributed by atoms with van der Waals surface area (Å²) >= 11 is 6.70. The molecule has 0 spiro atoms. The third-order valence-corrected chi connectivity index (χ3v) is 7.54. The number of ether oxygens (including phenoxy) is 1. The predicted octanol–water partition coefficient (Wildman–Crippen LogP) is 5.10. The lowest BCUT2D eigenvalue weighted by molar-refractivity contribution is -0.116. The molecule has 5 rings (SSSR count). The van der Waals surface area contributed by atoms with Gasteiger partial charge in [-0.2, -0.15) is 9.78 Å². The number of methoxy groups -OCH3 is 1. The Morgan fingerprint density at radius 3 is 2.89 bits per heavy atom. The number of nitrogens with one attached hydrogen (secondary N) is 1. The van der Waals surface area contributed by atoms with Crippen molar-refractivity contribution >= 4 is 60.5 Å². The fraction of sp³-hybridized carbons (Fsp3) is 0.211. The lowest BCUT2D eigenvalue weighted by Gasteiger charge is -2.22. The third-order valence-electron chi connectivity index (χ3n) is 4.81. The Bertz CT molecular complexity index is 1230. The number of aryl methyl sites for hydroxylation is 1. The van der Waals surface area contributed by atoms with Gasteiger partial charge in [0.15, 0.2) is 0 Å². The number of thiophene rings is 1. The van der Waals surface area contributed by atoms with Gasteiger partial charge in [-0.25, -0.2) is 4.98 Å². The zero-order chi connectivity index (χ0) is 19.4. The number of anilines is 1. The van der Waals surface area contributed by atoms with Crippen molar-refractivity contribution in [3.8, 4) is 10.9 Å². The number of hydrogen-bond acceptors (Lipinski definition) is 6. The first-order valence-electron chi connectivity index (χ1n) is 8.63. The Hall–Kier alpha value is -2.23. The average Bonchev–Trinajstić information content (AvgIpc) is 3.37. The molecule has 0 saturated carbocycles. The highest BCUT2D eigenvalue weighted by atomic mass is 79.9. The smallest absolute Gasteiger partial charge is 0.226 e. The van der Waals surface area contributed by atoms with E-state index < -0.39 is 0 Å². The monoisotopic (exact) mass is 474 g/mol. The van der Waals surface area contributed by atoms with E-state index in [2.05, 4.69) is 27.3 Å². The summed E-state index contributed by atoms with van der Waals surface area (Å²) in [7, 11) is 1.65. The summed E-state index contributed by atoms with van der Waals surface area (Å²) < 4.78 is 9.13. The van der Waals surface area contributed by atoms with Crippen LogP contribution in [-0.2, 0) is 4.79 Å².